The van der Waals surface area contributed by atoms with Gasteiger partial charge in [0, 0.05) is 19.7 Å². The van der Waals surface area contributed by atoms with E-state index in [0.717, 1.165) is 17.7 Å². The van der Waals surface area contributed by atoms with Crippen LogP contribution in [0.3, 0.4) is 0 Å². The number of ether oxygens (including phenoxy) is 3. The maximum atomic E-state index is 12.5. The van der Waals surface area contributed by atoms with E-state index in [1.807, 2.05) is 44.2 Å². The van der Waals surface area contributed by atoms with Gasteiger partial charge in [0.1, 0.15) is 17.2 Å². The monoisotopic (exact) mass is 428 g/mol. The highest BCUT2D eigenvalue weighted by atomic mass is 16.5. The average molecular weight is 429 g/mol. The topological polar surface area (TPSA) is 77.1 Å². The Morgan fingerprint density at radius 1 is 0.903 bits per heavy atom. The summed E-state index contributed by atoms with van der Waals surface area (Å²) in [6, 6.07) is 14.3. The Labute approximate surface area is 184 Å². The van der Waals surface area contributed by atoms with E-state index in [2.05, 4.69) is 5.32 Å². The van der Waals surface area contributed by atoms with Crippen molar-refractivity contribution < 1.29 is 23.8 Å². The lowest BCUT2D eigenvalue weighted by Gasteiger charge is -2.21. The van der Waals surface area contributed by atoms with Gasteiger partial charge in [0.2, 0.25) is 0 Å². The highest BCUT2D eigenvalue weighted by Gasteiger charge is 2.18. The van der Waals surface area contributed by atoms with Crippen molar-refractivity contribution in [3.05, 3.63) is 54.1 Å². The van der Waals surface area contributed by atoms with Gasteiger partial charge in [-0.1, -0.05) is 32.0 Å². The fourth-order valence-corrected chi connectivity index (χ4v) is 2.81. The number of hydrogen-bond acceptors (Lipinski definition) is 5. The Morgan fingerprint density at radius 2 is 1.55 bits per heavy atom. The Bertz CT molecular complexity index is 836. The van der Waals surface area contributed by atoms with Gasteiger partial charge in [0.05, 0.1) is 12.6 Å². The first-order valence-corrected chi connectivity index (χ1v) is 10.5. The van der Waals surface area contributed by atoms with E-state index in [1.54, 1.807) is 32.3 Å². The Morgan fingerprint density at radius 3 is 2.16 bits per heavy atom. The van der Waals surface area contributed by atoms with Gasteiger partial charge < -0.3 is 24.4 Å². The number of carbonyl (C=O) groups is 2. The highest BCUT2D eigenvalue weighted by molar-refractivity contribution is 5.78. The summed E-state index contributed by atoms with van der Waals surface area (Å²) in [4.78, 5) is 25.8. The predicted octanol–water partition coefficient (Wildman–Crippen LogP) is 3.59. The van der Waals surface area contributed by atoms with Gasteiger partial charge in [-0.3, -0.25) is 9.59 Å². The molecule has 31 heavy (non-hydrogen) atoms. The van der Waals surface area contributed by atoms with Gasteiger partial charge in [-0.05, 0) is 43.2 Å². The van der Waals surface area contributed by atoms with Gasteiger partial charge in [-0.15, -0.1) is 0 Å². The zero-order valence-corrected chi connectivity index (χ0v) is 18.7. The first-order valence-electron chi connectivity index (χ1n) is 10.5. The minimum absolute atomic E-state index is 0.0600. The van der Waals surface area contributed by atoms with Gasteiger partial charge >= 0.3 is 0 Å². The number of nitrogens with zero attached hydrogens (tertiary/aromatic N) is 1. The lowest BCUT2D eigenvalue weighted by Crippen LogP contribution is -2.33. The van der Waals surface area contributed by atoms with Crippen LogP contribution in [0.25, 0.3) is 0 Å². The second kappa shape index (κ2) is 12.5. The minimum Gasteiger partial charge on any atom is -0.494 e. The van der Waals surface area contributed by atoms with E-state index in [4.69, 9.17) is 14.2 Å². The first kappa shape index (κ1) is 24.1. The Hall–Kier alpha value is -3.22. The molecule has 0 saturated carbocycles. The molecule has 0 fully saturated rings. The van der Waals surface area contributed by atoms with Crippen LogP contribution in [0.5, 0.6) is 17.2 Å². The molecule has 7 heteroatoms. The molecule has 0 heterocycles. The largest absolute Gasteiger partial charge is 0.494 e. The predicted molar refractivity (Wildman–Crippen MR) is 120 cm³/mol. The molecule has 1 N–H and O–H groups in total. The standard InChI is InChI=1S/C24H32N2O5/c1-5-15-29-18-11-13-19(14-12-18)30-16-23(27)25-21(6-2)20-9-7-8-10-22(20)31-17-24(28)26(3)4/h7-14,21H,5-6,15-17H2,1-4H3,(H,25,27). The fourth-order valence-electron chi connectivity index (χ4n) is 2.81. The molecule has 0 radical (unpaired) electrons. The molecule has 7 nitrogen and oxygen atoms in total. The van der Waals surface area contributed by atoms with Crippen LogP contribution in [0.4, 0.5) is 0 Å². The zero-order valence-electron chi connectivity index (χ0n) is 18.7. The van der Waals surface area contributed by atoms with E-state index in [-0.39, 0.29) is 31.1 Å². The summed E-state index contributed by atoms with van der Waals surface area (Å²) in [5.41, 5.74) is 0.822. The van der Waals surface area contributed by atoms with E-state index >= 15 is 0 Å². The molecule has 2 rings (SSSR count). The second-order valence-electron chi connectivity index (χ2n) is 7.25. The molecule has 168 valence electrons. The van der Waals surface area contributed by atoms with Crippen LogP contribution in [0, 0.1) is 0 Å². The summed E-state index contributed by atoms with van der Waals surface area (Å²) >= 11 is 0. The molecule has 2 amide bonds. The third-order valence-electron chi connectivity index (χ3n) is 4.55. The fraction of sp³-hybridized carbons (Fsp3) is 0.417. The quantitative estimate of drug-likeness (QED) is 0.559. The lowest BCUT2D eigenvalue weighted by molar-refractivity contribution is -0.130. The maximum Gasteiger partial charge on any atom is 0.259 e. The number of para-hydroxylation sites is 1. The molecule has 0 spiro atoms. The van der Waals surface area contributed by atoms with Crippen molar-refractivity contribution in [1.29, 1.82) is 0 Å². The molecule has 0 aliphatic carbocycles. The molecule has 0 bridgehead atoms. The van der Waals surface area contributed by atoms with Crippen molar-refractivity contribution in [2.45, 2.75) is 32.7 Å². The van der Waals surface area contributed by atoms with E-state index in [1.165, 1.54) is 4.90 Å². The number of nitrogens with one attached hydrogen (secondary N) is 1. The van der Waals surface area contributed by atoms with Crippen molar-refractivity contribution in [1.82, 2.24) is 10.2 Å². The summed E-state index contributed by atoms with van der Waals surface area (Å²) in [5.74, 6) is 1.57. The van der Waals surface area contributed by atoms with Crippen LogP contribution in [0.1, 0.15) is 38.3 Å². The number of hydrogen-bond donors (Lipinski definition) is 1. The highest BCUT2D eigenvalue weighted by Crippen LogP contribution is 2.27. The Balaban J connectivity index is 1.93. The summed E-state index contributed by atoms with van der Waals surface area (Å²) in [6.45, 7) is 4.52. The van der Waals surface area contributed by atoms with Gasteiger partial charge in [-0.2, -0.15) is 0 Å². The number of rotatable bonds is 12. The van der Waals surface area contributed by atoms with Crippen molar-refractivity contribution in [2.75, 3.05) is 33.9 Å². The SMILES string of the molecule is CCCOc1ccc(OCC(=O)NC(CC)c2ccccc2OCC(=O)N(C)C)cc1. The van der Waals surface area contributed by atoms with Crippen LogP contribution >= 0.6 is 0 Å². The van der Waals surface area contributed by atoms with Crippen LogP contribution in [-0.2, 0) is 9.59 Å². The van der Waals surface area contributed by atoms with Crippen molar-refractivity contribution >= 4 is 11.8 Å². The first-order chi connectivity index (χ1) is 14.9. The van der Waals surface area contributed by atoms with Crippen molar-refractivity contribution in [3.8, 4) is 17.2 Å². The summed E-state index contributed by atoms with van der Waals surface area (Å²) < 4.78 is 16.8. The number of amides is 2. The molecule has 0 aliphatic rings. The number of likely N-dealkylation sites (N-methyl/N-ethyl adjacent to an activating group) is 1. The maximum absolute atomic E-state index is 12.5. The molecular formula is C24H32N2O5. The van der Waals surface area contributed by atoms with Crippen LogP contribution in [0.15, 0.2) is 48.5 Å². The van der Waals surface area contributed by atoms with Gasteiger partial charge in [-0.25, -0.2) is 0 Å². The molecular weight excluding hydrogens is 396 g/mol. The summed E-state index contributed by atoms with van der Waals surface area (Å²) in [7, 11) is 3.36. The average Bonchev–Trinajstić information content (AvgIpc) is 2.79. The van der Waals surface area contributed by atoms with E-state index < -0.39 is 0 Å². The Kier molecular flexibility index (Phi) is 9.68. The normalized spacial score (nSPS) is 11.4. The smallest absolute Gasteiger partial charge is 0.259 e. The molecule has 0 saturated heterocycles. The van der Waals surface area contributed by atoms with Gasteiger partial charge in [0.15, 0.2) is 13.2 Å². The van der Waals surface area contributed by atoms with E-state index in [0.29, 0.717) is 24.5 Å². The molecule has 2 aromatic carbocycles. The molecule has 2 aromatic rings. The van der Waals surface area contributed by atoms with Crippen molar-refractivity contribution in [2.24, 2.45) is 0 Å². The summed E-state index contributed by atoms with van der Waals surface area (Å²) in [5, 5.41) is 2.98. The van der Waals surface area contributed by atoms with Crippen LogP contribution in [-0.4, -0.2) is 50.6 Å². The number of benzene rings is 2. The third kappa shape index (κ3) is 7.85. The van der Waals surface area contributed by atoms with Crippen LogP contribution in [0.2, 0.25) is 0 Å². The molecule has 0 aliphatic heterocycles. The van der Waals surface area contributed by atoms with E-state index in [9.17, 15) is 9.59 Å². The summed E-state index contributed by atoms with van der Waals surface area (Å²) in [6.07, 6.45) is 1.61. The zero-order chi connectivity index (χ0) is 22.6. The lowest BCUT2D eigenvalue weighted by atomic mass is 10.0. The molecule has 1 unspecified atom stereocenters. The second-order valence-corrected chi connectivity index (χ2v) is 7.25. The molecule has 0 aromatic heterocycles. The molecule has 1 atom stereocenters. The van der Waals surface area contributed by atoms with Crippen molar-refractivity contribution in [3.63, 3.8) is 0 Å². The third-order valence-corrected chi connectivity index (χ3v) is 4.55. The number of carbonyl (C=O) groups excluding carboxylic acids is 2. The minimum atomic E-state index is -0.258. The van der Waals surface area contributed by atoms with Gasteiger partial charge in [0.25, 0.3) is 11.8 Å². The van der Waals surface area contributed by atoms with Crippen LogP contribution < -0.4 is 19.5 Å².